The Hall–Kier alpha value is -2.21. The summed E-state index contributed by atoms with van der Waals surface area (Å²) < 4.78 is 0. The number of halogens is 2. The molecule has 1 N–H and O–H groups in total. The quantitative estimate of drug-likeness (QED) is 0.616. The second kappa shape index (κ2) is 7.57. The van der Waals surface area contributed by atoms with Crippen molar-refractivity contribution in [3.05, 3.63) is 75.3 Å². The van der Waals surface area contributed by atoms with Crippen molar-refractivity contribution in [3.8, 4) is 0 Å². The lowest BCUT2D eigenvalue weighted by Gasteiger charge is -2.06. The molecule has 0 spiro atoms. The van der Waals surface area contributed by atoms with E-state index in [2.05, 4.69) is 15.3 Å². The number of nitrogens with zero attached hydrogens (tertiary/aromatic N) is 2. The highest BCUT2D eigenvalue weighted by Crippen LogP contribution is 2.29. The molecule has 3 rings (SSSR count). The SMILES string of the molecule is O=C(Nc1ccc(Cl)c(Cl)c1)c1ccsc1N=Cc1ccccn1. The van der Waals surface area contributed by atoms with Gasteiger partial charge in [0.05, 0.1) is 27.5 Å². The van der Waals surface area contributed by atoms with Crippen LogP contribution in [0.5, 0.6) is 0 Å². The van der Waals surface area contributed by atoms with Gasteiger partial charge in [0.1, 0.15) is 5.00 Å². The molecule has 0 aliphatic heterocycles. The van der Waals surface area contributed by atoms with Crippen molar-refractivity contribution < 1.29 is 4.79 Å². The Labute approximate surface area is 152 Å². The van der Waals surface area contributed by atoms with Crippen molar-refractivity contribution in [2.24, 2.45) is 4.99 Å². The summed E-state index contributed by atoms with van der Waals surface area (Å²) in [5.74, 6) is -0.261. The number of carbonyl (C=O) groups is 1. The summed E-state index contributed by atoms with van der Waals surface area (Å²) in [6.07, 6.45) is 3.31. The molecule has 2 aromatic heterocycles. The van der Waals surface area contributed by atoms with Crippen LogP contribution in [-0.2, 0) is 0 Å². The number of nitrogens with one attached hydrogen (secondary N) is 1. The number of thiophene rings is 1. The van der Waals surface area contributed by atoms with E-state index in [-0.39, 0.29) is 5.91 Å². The second-order valence-corrected chi connectivity index (χ2v) is 6.44. The molecule has 0 bridgehead atoms. The van der Waals surface area contributed by atoms with Gasteiger partial charge >= 0.3 is 0 Å². The lowest BCUT2D eigenvalue weighted by Crippen LogP contribution is -2.11. The van der Waals surface area contributed by atoms with E-state index in [4.69, 9.17) is 23.2 Å². The summed E-state index contributed by atoms with van der Waals surface area (Å²) in [6, 6.07) is 12.2. The molecule has 0 saturated heterocycles. The van der Waals surface area contributed by atoms with Gasteiger partial charge in [-0.05, 0) is 41.8 Å². The molecule has 120 valence electrons. The molecule has 0 saturated carbocycles. The number of aromatic nitrogens is 1. The summed E-state index contributed by atoms with van der Waals surface area (Å²) in [4.78, 5) is 21.0. The summed E-state index contributed by atoms with van der Waals surface area (Å²) in [5.41, 5.74) is 1.78. The molecule has 0 aliphatic carbocycles. The maximum Gasteiger partial charge on any atom is 0.258 e. The van der Waals surface area contributed by atoms with Gasteiger partial charge in [-0.2, -0.15) is 0 Å². The fourth-order valence-corrected chi connectivity index (χ4v) is 2.96. The van der Waals surface area contributed by atoms with Gasteiger partial charge in [-0.15, -0.1) is 11.3 Å². The molecule has 0 unspecified atom stereocenters. The topological polar surface area (TPSA) is 54.4 Å². The maximum atomic E-state index is 12.4. The minimum absolute atomic E-state index is 0.261. The van der Waals surface area contributed by atoms with Crippen molar-refractivity contribution >= 4 is 57.3 Å². The average molecular weight is 376 g/mol. The molecule has 3 aromatic rings. The van der Waals surface area contributed by atoms with Crippen molar-refractivity contribution in [1.29, 1.82) is 0 Å². The number of aliphatic imine (C=N–C) groups is 1. The van der Waals surface area contributed by atoms with E-state index in [1.165, 1.54) is 11.3 Å². The number of anilines is 1. The van der Waals surface area contributed by atoms with Crippen LogP contribution in [-0.4, -0.2) is 17.1 Å². The van der Waals surface area contributed by atoms with Gasteiger partial charge in [0.15, 0.2) is 0 Å². The van der Waals surface area contributed by atoms with Crippen LogP contribution in [0.2, 0.25) is 10.0 Å². The Morgan fingerprint density at radius 2 is 2.04 bits per heavy atom. The van der Waals surface area contributed by atoms with Crippen molar-refractivity contribution in [2.45, 2.75) is 0 Å². The third-order valence-electron chi connectivity index (χ3n) is 3.07. The standard InChI is InChI=1S/C17H11Cl2N3OS/c18-14-5-4-11(9-15(14)19)22-16(23)13-6-8-24-17(13)21-10-12-3-1-2-7-20-12/h1-10H,(H,22,23). The molecule has 7 heteroatoms. The summed E-state index contributed by atoms with van der Waals surface area (Å²) in [6.45, 7) is 0. The lowest BCUT2D eigenvalue weighted by atomic mass is 10.2. The van der Waals surface area contributed by atoms with E-state index >= 15 is 0 Å². The van der Waals surface area contributed by atoms with E-state index in [0.29, 0.717) is 26.3 Å². The van der Waals surface area contributed by atoms with Crippen LogP contribution in [0.3, 0.4) is 0 Å². The fourth-order valence-electron chi connectivity index (χ4n) is 1.92. The number of pyridine rings is 1. The highest BCUT2D eigenvalue weighted by molar-refractivity contribution is 7.14. The third-order valence-corrected chi connectivity index (χ3v) is 4.63. The predicted molar refractivity (Wildman–Crippen MR) is 100 cm³/mol. The van der Waals surface area contributed by atoms with Crippen LogP contribution >= 0.6 is 34.5 Å². The van der Waals surface area contributed by atoms with E-state index in [1.54, 1.807) is 36.7 Å². The van der Waals surface area contributed by atoms with E-state index < -0.39 is 0 Å². The summed E-state index contributed by atoms with van der Waals surface area (Å²) in [7, 11) is 0. The lowest BCUT2D eigenvalue weighted by molar-refractivity contribution is 0.102. The third kappa shape index (κ3) is 4.00. The average Bonchev–Trinajstić information content (AvgIpc) is 3.06. The van der Waals surface area contributed by atoms with Crippen LogP contribution in [0.4, 0.5) is 10.7 Å². The smallest absolute Gasteiger partial charge is 0.258 e. The van der Waals surface area contributed by atoms with Gasteiger partial charge in [0, 0.05) is 11.9 Å². The molecule has 4 nitrogen and oxygen atoms in total. The van der Waals surface area contributed by atoms with E-state index in [1.807, 2.05) is 23.6 Å². The molecular weight excluding hydrogens is 365 g/mol. The Morgan fingerprint density at radius 1 is 1.17 bits per heavy atom. The zero-order valence-corrected chi connectivity index (χ0v) is 14.6. The van der Waals surface area contributed by atoms with Crippen LogP contribution in [0.1, 0.15) is 16.1 Å². The first-order chi connectivity index (χ1) is 11.6. The van der Waals surface area contributed by atoms with Gasteiger partial charge in [0.25, 0.3) is 5.91 Å². The zero-order valence-electron chi connectivity index (χ0n) is 12.2. The Balaban J connectivity index is 1.78. The molecule has 24 heavy (non-hydrogen) atoms. The van der Waals surface area contributed by atoms with Gasteiger partial charge in [-0.25, -0.2) is 4.99 Å². The summed E-state index contributed by atoms with van der Waals surface area (Å²) >= 11 is 13.2. The Bertz CT molecular complexity index is 894. The molecule has 1 aromatic carbocycles. The van der Waals surface area contributed by atoms with Gasteiger partial charge in [-0.1, -0.05) is 29.3 Å². The zero-order chi connectivity index (χ0) is 16.9. The van der Waals surface area contributed by atoms with Crippen LogP contribution < -0.4 is 5.32 Å². The number of carbonyl (C=O) groups excluding carboxylic acids is 1. The van der Waals surface area contributed by atoms with E-state index in [9.17, 15) is 4.79 Å². The molecule has 2 heterocycles. The van der Waals surface area contributed by atoms with Crippen LogP contribution in [0.25, 0.3) is 0 Å². The fraction of sp³-hybridized carbons (Fsp3) is 0. The maximum absolute atomic E-state index is 12.4. The number of benzene rings is 1. The van der Waals surface area contributed by atoms with Crippen molar-refractivity contribution in [3.63, 3.8) is 0 Å². The van der Waals surface area contributed by atoms with Gasteiger partial charge < -0.3 is 5.32 Å². The number of hydrogen-bond donors (Lipinski definition) is 1. The Kier molecular flexibility index (Phi) is 5.25. The molecule has 0 fully saturated rings. The minimum atomic E-state index is -0.261. The second-order valence-electron chi connectivity index (χ2n) is 4.74. The highest BCUT2D eigenvalue weighted by Gasteiger charge is 2.13. The van der Waals surface area contributed by atoms with Crippen molar-refractivity contribution in [1.82, 2.24) is 4.98 Å². The van der Waals surface area contributed by atoms with Gasteiger partial charge in [-0.3, -0.25) is 9.78 Å². The number of rotatable bonds is 4. The Morgan fingerprint density at radius 3 is 2.79 bits per heavy atom. The predicted octanol–water partition coefficient (Wildman–Crippen LogP) is 5.45. The molecule has 0 atom stereocenters. The van der Waals surface area contributed by atoms with Crippen LogP contribution in [0, 0.1) is 0 Å². The molecule has 0 aliphatic rings. The first-order valence-electron chi connectivity index (χ1n) is 6.92. The minimum Gasteiger partial charge on any atom is -0.322 e. The normalized spacial score (nSPS) is 10.9. The number of amides is 1. The van der Waals surface area contributed by atoms with Gasteiger partial charge in [0.2, 0.25) is 0 Å². The van der Waals surface area contributed by atoms with E-state index in [0.717, 1.165) is 5.69 Å². The van der Waals surface area contributed by atoms with Crippen molar-refractivity contribution in [2.75, 3.05) is 5.32 Å². The monoisotopic (exact) mass is 375 g/mol. The largest absolute Gasteiger partial charge is 0.322 e. The number of hydrogen-bond acceptors (Lipinski definition) is 4. The highest BCUT2D eigenvalue weighted by atomic mass is 35.5. The molecule has 0 radical (unpaired) electrons. The first-order valence-corrected chi connectivity index (χ1v) is 8.56. The molecule has 1 amide bonds. The first kappa shape index (κ1) is 16.6. The molecular formula is C17H11Cl2N3OS. The van der Waals surface area contributed by atoms with Crippen LogP contribution in [0.15, 0.2) is 59.0 Å². The summed E-state index contributed by atoms with van der Waals surface area (Å²) in [5, 5.41) is 6.03.